The van der Waals surface area contributed by atoms with Crippen LogP contribution in [0, 0.1) is 0 Å². The highest BCUT2D eigenvalue weighted by atomic mass is 32.2. The van der Waals surface area contributed by atoms with Gasteiger partial charge in [-0.25, -0.2) is 4.99 Å². The van der Waals surface area contributed by atoms with E-state index >= 15 is 0 Å². The van der Waals surface area contributed by atoms with Gasteiger partial charge in [-0.05, 0) is 37.8 Å². The van der Waals surface area contributed by atoms with Crippen LogP contribution in [-0.4, -0.2) is 38.7 Å². The lowest BCUT2D eigenvalue weighted by atomic mass is 9.95. The van der Waals surface area contributed by atoms with Crippen LogP contribution in [0.2, 0.25) is 0 Å². The monoisotopic (exact) mass is 386 g/mol. The largest absolute Gasteiger partial charge is 0.357 e. The van der Waals surface area contributed by atoms with Crippen LogP contribution < -0.4 is 10.6 Å². The van der Waals surface area contributed by atoms with Gasteiger partial charge in [-0.2, -0.15) is 0 Å². The number of pyridine rings is 1. The minimum Gasteiger partial charge on any atom is -0.357 e. The molecule has 0 bridgehead atoms. The maximum Gasteiger partial charge on any atom is 0.191 e. The number of para-hydroxylation sites is 1. The predicted octanol–water partition coefficient (Wildman–Crippen LogP) is 3.37. The number of aromatic nitrogens is 1. The van der Waals surface area contributed by atoms with Crippen molar-refractivity contribution in [3.8, 4) is 0 Å². The summed E-state index contributed by atoms with van der Waals surface area (Å²) in [6.07, 6.45) is 6.10. The topological polar surface area (TPSA) is 66.4 Å². The molecule has 1 aliphatic carbocycles. The fourth-order valence-electron chi connectivity index (χ4n) is 3.72. The van der Waals surface area contributed by atoms with Gasteiger partial charge < -0.3 is 10.6 Å². The van der Waals surface area contributed by atoms with Crippen molar-refractivity contribution in [2.45, 2.75) is 57.4 Å². The van der Waals surface area contributed by atoms with Gasteiger partial charge in [0, 0.05) is 46.0 Å². The van der Waals surface area contributed by atoms with E-state index in [-0.39, 0.29) is 0 Å². The van der Waals surface area contributed by atoms with Crippen molar-refractivity contribution in [3.63, 3.8) is 0 Å². The third kappa shape index (κ3) is 5.28. The lowest BCUT2D eigenvalue weighted by Crippen LogP contribution is -2.46. The first-order valence-corrected chi connectivity index (χ1v) is 11.3. The Morgan fingerprint density at radius 1 is 1.26 bits per heavy atom. The van der Waals surface area contributed by atoms with Gasteiger partial charge in [0.15, 0.2) is 5.96 Å². The molecule has 0 radical (unpaired) electrons. The van der Waals surface area contributed by atoms with Crippen molar-refractivity contribution >= 4 is 27.7 Å². The Kier molecular flexibility index (Phi) is 7.21. The summed E-state index contributed by atoms with van der Waals surface area (Å²) in [5, 5.41) is 8.37. The highest BCUT2D eigenvalue weighted by molar-refractivity contribution is 7.85. The summed E-state index contributed by atoms with van der Waals surface area (Å²) in [7, 11) is -0.710. The summed E-state index contributed by atoms with van der Waals surface area (Å²) in [6.45, 7) is 5.49. The zero-order chi connectivity index (χ0) is 19.1. The standard InChI is InChI=1S/C21H30N4OS/c1-3-22-21(25-18-11-6-12-19(14-18)27(26)4-2)24-15-17-9-5-8-16-10-7-13-23-20(16)17/h5,7-10,13,18-19H,3-4,6,11-12,14-15H2,1-2H3,(H2,22,24,25). The van der Waals surface area contributed by atoms with Crippen LogP contribution in [0.25, 0.3) is 10.9 Å². The average Bonchev–Trinajstić information content (AvgIpc) is 2.71. The number of aliphatic imine (C=N–C) groups is 1. The van der Waals surface area contributed by atoms with E-state index in [1.165, 1.54) is 0 Å². The van der Waals surface area contributed by atoms with E-state index in [9.17, 15) is 4.21 Å². The number of hydrogen-bond donors (Lipinski definition) is 2. The molecule has 3 rings (SSSR count). The molecule has 1 aromatic carbocycles. The van der Waals surface area contributed by atoms with Crippen LogP contribution in [-0.2, 0) is 17.3 Å². The molecule has 6 heteroatoms. The Morgan fingerprint density at radius 3 is 2.93 bits per heavy atom. The molecule has 1 heterocycles. The first kappa shape index (κ1) is 19.8. The maximum absolute atomic E-state index is 12.2. The van der Waals surface area contributed by atoms with Gasteiger partial charge in [-0.1, -0.05) is 37.6 Å². The van der Waals surface area contributed by atoms with E-state index in [0.717, 1.165) is 60.4 Å². The van der Waals surface area contributed by atoms with E-state index in [4.69, 9.17) is 4.99 Å². The average molecular weight is 387 g/mol. The van der Waals surface area contributed by atoms with Gasteiger partial charge in [0.25, 0.3) is 0 Å². The molecule has 1 aliphatic rings. The molecular formula is C21H30N4OS. The molecule has 146 valence electrons. The second-order valence-electron chi connectivity index (χ2n) is 6.99. The molecule has 0 spiro atoms. The van der Waals surface area contributed by atoms with Crippen molar-refractivity contribution < 1.29 is 4.21 Å². The van der Waals surface area contributed by atoms with Crippen LogP contribution in [0.3, 0.4) is 0 Å². The Balaban J connectivity index is 1.70. The van der Waals surface area contributed by atoms with Gasteiger partial charge in [0.2, 0.25) is 0 Å². The first-order valence-electron chi connectivity index (χ1n) is 9.96. The number of hydrogen-bond acceptors (Lipinski definition) is 3. The number of guanidine groups is 1. The molecule has 0 saturated heterocycles. The summed E-state index contributed by atoms with van der Waals surface area (Å²) < 4.78 is 12.2. The molecular weight excluding hydrogens is 356 g/mol. The molecule has 1 aromatic heterocycles. The summed E-state index contributed by atoms with van der Waals surface area (Å²) in [5.74, 6) is 1.58. The summed E-state index contributed by atoms with van der Waals surface area (Å²) >= 11 is 0. The molecule has 0 amide bonds. The molecule has 0 aliphatic heterocycles. The number of rotatable bonds is 6. The Labute approximate surface area is 164 Å². The van der Waals surface area contributed by atoms with Crippen LogP contribution in [0.5, 0.6) is 0 Å². The minimum atomic E-state index is -0.710. The third-order valence-corrected chi connectivity index (χ3v) is 6.83. The molecule has 1 fully saturated rings. The quantitative estimate of drug-likeness (QED) is 0.590. The molecule has 3 atom stereocenters. The van der Waals surface area contributed by atoms with E-state index in [0.29, 0.717) is 17.8 Å². The Morgan fingerprint density at radius 2 is 2.11 bits per heavy atom. The summed E-state index contributed by atoms with van der Waals surface area (Å²) in [4.78, 5) is 9.31. The van der Waals surface area contributed by atoms with Crippen LogP contribution in [0.15, 0.2) is 41.5 Å². The van der Waals surface area contributed by atoms with Gasteiger partial charge in [0.05, 0.1) is 12.1 Å². The van der Waals surface area contributed by atoms with Gasteiger partial charge >= 0.3 is 0 Å². The highest BCUT2D eigenvalue weighted by Crippen LogP contribution is 2.23. The highest BCUT2D eigenvalue weighted by Gasteiger charge is 2.26. The first-order chi connectivity index (χ1) is 13.2. The maximum atomic E-state index is 12.2. The fourth-order valence-corrected chi connectivity index (χ4v) is 5.07. The third-order valence-electron chi connectivity index (χ3n) is 5.09. The Hall–Kier alpha value is -1.95. The normalized spacial score (nSPS) is 21.8. The van der Waals surface area contributed by atoms with Crippen molar-refractivity contribution in [3.05, 3.63) is 42.1 Å². The van der Waals surface area contributed by atoms with Crippen molar-refractivity contribution in [1.29, 1.82) is 0 Å². The number of nitrogens with one attached hydrogen (secondary N) is 2. The van der Waals surface area contributed by atoms with Crippen LogP contribution in [0.4, 0.5) is 0 Å². The number of fused-ring (bicyclic) bond motifs is 1. The van der Waals surface area contributed by atoms with Crippen molar-refractivity contribution in [2.24, 2.45) is 4.99 Å². The molecule has 2 aromatic rings. The lowest BCUT2D eigenvalue weighted by Gasteiger charge is -2.30. The minimum absolute atomic E-state index is 0.311. The number of nitrogens with zero attached hydrogens (tertiary/aromatic N) is 2. The van der Waals surface area contributed by atoms with Crippen LogP contribution >= 0.6 is 0 Å². The summed E-state index contributed by atoms with van der Waals surface area (Å²) in [5.41, 5.74) is 2.13. The molecule has 3 unspecified atom stereocenters. The van der Waals surface area contributed by atoms with E-state index in [1.807, 2.05) is 19.2 Å². The fraction of sp³-hybridized carbons (Fsp3) is 0.524. The van der Waals surface area contributed by atoms with Gasteiger partial charge in [-0.3, -0.25) is 9.19 Å². The van der Waals surface area contributed by atoms with Gasteiger partial charge in [0.1, 0.15) is 0 Å². The Bertz CT molecular complexity index is 802. The van der Waals surface area contributed by atoms with Crippen molar-refractivity contribution in [2.75, 3.05) is 12.3 Å². The molecule has 5 nitrogen and oxygen atoms in total. The van der Waals surface area contributed by atoms with Crippen LogP contribution in [0.1, 0.15) is 45.1 Å². The predicted molar refractivity (Wildman–Crippen MR) is 114 cm³/mol. The summed E-state index contributed by atoms with van der Waals surface area (Å²) in [6, 6.07) is 10.6. The van der Waals surface area contributed by atoms with E-state index in [2.05, 4.69) is 46.8 Å². The molecule has 27 heavy (non-hydrogen) atoms. The van der Waals surface area contributed by atoms with Crippen molar-refractivity contribution in [1.82, 2.24) is 15.6 Å². The van der Waals surface area contributed by atoms with E-state index < -0.39 is 10.8 Å². The molecule has 1 saturated carbocycles. The second kappa shape index (κ2) is 9.83. The smallest absolute Gasteiger partial charge is 0.191 e. The zero-order valence-electron chi connectivity index (χ0n) is 16.3. The lowest BCUT2D eigenvalue weighted by molar-refractivity contribution is 0.413. The number of benzene rings is 1. The van der Waals surface area contributed by atoms with Gasteiger partial charge in [-0.15, -0.1) is 0 Å². The molecule has 2 N–H and O–H groups in total. The SMILES string of the molecule is CCNC(=NCc1cccc2cccnc12)NC1CCCC(S(=O)CC)C1. The van der Waals surface area contributed by atoms with E-state index in [1.54, 1.807) is 0 Å². The zero-order valence-corrected chi connectivity index (χ0v) is 17.1. The second-order valence-corrected chi connectivity index (χ2v) is 8.99.